The van der Waals surface area contributed by atoms with E-state index < -0.39 is 10.0 Å². The van der Waals surface area contributed by atoms with Crippen molar-refractivity contribution in [3.05, 3.63) is 45.6 Å². The molecule has 0 amide bonds. The Kier molecular flexibility index (Phi) is 3.87. The largest absolute Gasteiger partial charge is 0.384 e. The van der Waals surface area contributed by atoms with Gasteiger partial charge in [-0.05, 0) is 40.2 Å². The number of anilines is 2. The van der Waals surface area contributed by atoms with E-state index in [9.17, 15) is 8.42 Å². The number of halogens is 2. The number of nitrogens with two attached hydrogens (primary N) is 1. The average Bonchev–Trinajstić information content (AvgIpc) is 2.86. The van der Waals surface area contributed by atoms with E-state index in [1.54, 1.807) is 18.3 Å². The molecule has 9 heteroatoms. The molecule has 3 aromatic rings. The lowest BCUT2D eigenvalue weighted by Crippen LogP contribution is -2.13. The fourth-order valence-electron chi connectivity index (χ4n) is 2.01. The van der Waals surface area contributed by atoms with E-state index in [1.165, 1.54) is 18.3 Å². The molecule has 1 aromatic carbocycles. The molecule has 0 atom stereocenters. The first-order chi connectivity index (χ1) is 10.4. The molecule has 0 aliphatic heterocycles. The second kappa shape index (κ2) is 5.56. The molecule has 114 valence electrons. The summed E-state index contributed by atoms with van der Waals surface area (Å²) in [6.45, 7) is 0. The molecule has 4 N–H and O–H groups in total. The van der Waals surface area contributed by atoms with Crippen molar-refractivity contribution in [3.63, 3.8) is 0 Å². The first-order valence-corrected chi connectivity index (χ1v) is 9.15. The van der Waals surface area contributed by atoms with E-state index in [0.717, 1.165) is 14.3 Å². The summed E-state index contributed by atoms with van der Waals surface area (Å²) in [7, 11) is -3.74. The molecule has 0 saturated heterocycles. The van der Waals surface area contributed by atoms with Crippen molar-refractivity contribution in [2.75, 3.05) is 10.5 Å². The number of H-pyrrole nitrogens is 1. The van der Waals surface area contributed by atoms with Gasteiger partial charge in [-0.25, -0.2) is 13.4 Å². The molecule has 0 aliphatic rings. The van der Waals surface area contributed by atoms with Gasteiger partial charge in [-0.3, -0.25) is 4.72 Å². The van der Waals surface area contributed by atoms with Crippen molar-refractivity contribution < 1.29 is 8.42 Å². The number of aromatic amines is 1. The van der Waals surface area contributed by atoms with E-state index in [-0.39, 0.29) is 10.7 Å². The Morgan fingerprint density at radius 2 is 1.91 bits per heavy atom. The number of hydrogen-bond acceptors (Lipinski definition) is 4. The normalized spacial score (nSPS) is 11.7. The summed E-state index contributed by atoms with van der Waals surface area (Å²) in [6.07, 6.45) is 2.97. The summed E-state index contributed by atoms with van der Waals surface area (Å²) in [5.41, 5.74) is 6.59. The number of fused-ring (bicyclic) bond motifs is 1. The van der Waals surface area contributed by atoms with Gasteiger partial charge in [-0.2, -0.15) is 0 Å². The second-order valence-electron chi connectivity index (χ2n) is 4.51. The van der Waals surface area contributed by atoms with Crippen LogP contribution in [0.2, 0.25) is 0 Å². The van der Waals surface area contributed by atoms with Gasteiger partial charge in [0.1, 0.15) is 10.7 Å². The predicted molar refractivity (Wildman–Crippen MR) is 93.2 cm³/mol. The molecule has 2 aromatic heterocycles. The minimum absolute atomic E-state index is 0.0448. The van der Waals surface area contributed by atoms with Gasteiger partial charge in [0, 0.05) is 26.7 Å². The molecule has 2 heterocycles. The minimum Gasteiger partial charge on any atom is -0.384 e. The van der Waals surface area contributed by atoms with Gasteiger partial charge in [-0.15, -0.1) is 0 Å². The zero-order chi connectivity index (χ0) is 15.9. The SMILES string of the molecule is Nc1ccc(S(=O)(=O)Nc2ccc(Br)c3c(Br)c[nH]c23)cn1. The molecule has 3 rings (SSSR count). The Labute approximate surface area is 143 Å². The lowest BCUT2D eigenvalue weighted by molar-refractivity contribution is 0.601. The molecule has 0 unspecified atom stereocenters. The van der Waals surface area contributed by atoms with Gasteiger partial charge in [0.05, 0.1) is 11.2 Å². The number of nitrogen functional groups attached to an aromatic ring is 1. The highest BCUT2D eigenvalue weighted by atomic mass is 79.9. The molecule has 6 nitrogen and oxygen atoms in total. The maximum absolute atomic E-state index is 12.4. The van der Waals surface area contributed by atoms with Crippen LogP contribution in [0.1, 0.15) is 0 Å². The number of nitrogens with one attached hydrogen (secondary N) is 2. The minimum atomic E-state index is -3.74. The monoisotopic (exact) mass is 444 g/mol. The maximum Gasteiger partial charge on any atom is 0.263 e. The van der Waals surface area contributed by atoms with Gasteiger partial charge in [0.2, 0.25) is 0 Å². The number of benzene rings is 1. The third kappa shape index (κ3) is 2.71. The standard InChI is InChI=1S/C13H10Br2N4O2S/c14-8-2-3-10(13-12(8)9(15)6-18-13)19-22(20,21)7-1-4-11(16)17-5-7/h1-6,18-19H,(H2,16,17). The van der Waals surface area contributed by atoms with Crippen LogP contribution in [0.5, 0.6) is 0 Å². The van der Waals surface area contributed by atoms with Gasteiger partial charge in [0.15, 0.2) is 0 Å². The topological polar surface area (TPSA) is 101 Å². The maximum atomic E-state index is 12.4. The van der Waals surface area contributed by atoms with Crippen molar-refractivity contribution in [2.24, 2.45) is 0 Å². The van der Waals surface area contributed by atoms with E-state index in [2.05, 4.69) is 46.5 Å². The molecule has 0 saturated carbocycles. The number of rotatable bonds is 3. The van der Waals surface area contributed by atoms with Crippen molar-refractivity contribution in [1.29, 1.82) is 0 Å². The van der Waals surface area contributed by atoms with Crippen LogP contribution in [0, 0.1) is 0 Å². The molecule has 0 fully saturated rings. The predicted octanol–water partition coefficient (Wildman–Crippen LogP) is 3.47. The molecule has 22 heavy (non-hydrogen) atoms. The highest BCUT2D eigenvalue weighted by Crippen LogP contribution is 2.35. The average molecular weight is 446 g/mol. The van der Waals surface area contributed by atoms with E-state index in [4.69, 9.17) is 5.73 Å². The summed E-state index contributed by atoms with van der Waals surface area (Å²) in [4.78, 5) is 6.89. The van der Waals surface area contributed by atoms with Crippen LogP contribution in [0.4, 0.5) is 11.5 Å². The first-order valence-electron chi connectivity index (χ1n) is 6.08. The summed E-state index contributed by atoms with van der Waals surface area (Å²) >= 11 is 6.86. The quantitative estimate of drug-likeness (QED) is 0.574. The van der Waals surface area contributed by atoms with Crippen LogP contribution in [0.15, 0.2) is 50.5 Å². The molecule has 0 aliphatic carbocycles. The first kappa shape index (κ1) is 15.3. The Hall–Kier alpha value is -1.58. The summed E-state index contributed by atoms with van der Waals surface area (Å²) in [5.74, 6) is 0.262. The number of hydrogen-bond donors (Lipinski definition) is 3. The Balaban J connectivity index is 2.06. The van der Waals surface area contributed by atoms with Crippen LogP contribution >= 0.6 is 31.9 Å². The summed E-state index contributed by atoms with van der Waals surface area (Å²) in [6, 6.07) is 6.31. The van der Waals surface area contributed by atoms with E-state index >= 15 is 0 Å². The second-order valence-corrected chi connectivity index (χ2v) is 7.90. The van der Waals surface area contributed by atoms with Gasteiger partial charge >= 0.3 is 0 Å². The van der Waals surface area contributed by atoms with Crippen LogP contribution in [0.3, 0.4) is 0 Å². The van der Waals surface area contributed by atoms with Gasteiger partial charge in [-0.1, -0.05) is 15.9 Å². The molecule has 0 radical (unpaired) electrons. The third-order valence-electron chi connectivity index (χ3n) is 3.05. The number of sulfonamides is 1. The van der Waals surface area contributed by atoms with E-state index in [1.807, 2.05) is 0 Å². The number of nitrogens with zero attached hydrogens (tertiary/aromatic N) is 1. The number of pyridine rings is 1. The van der Waals surface area contributed by atoms with Crippen molar-refractivity contribution in [1.82, 2.24) is 9.97 Å². The van der Waals surface area contributed by atoms with Crippen molar-refractivity contribution in [2.45, 2.75) is 4.90 Å². The number of aromatic nitrogens is 2. The zero-order valence-electron chi connectivity index (χ0n) is 11.0. The Morgan fingerprint density at radius 3 is 2.59 bits per heavy atom. The van der Waals surface area contributed by atoms with Gasteiger partial charge < -0.3 is 10.7 Å². The zero-order valence-corrected chi connectivity index (χ0v) is 15.0. The van der Waals surface area contributed by atoms with Crippen LogP contribution in [-0.4, -0.2) is 18.4 Å². The summed E-state index contributed by atoms with van der Waals surface area (Å²) < 4.78 is 29.1. The molecular formula is C13H10Br2N4O2S. The molecule has 0 bridgehead atoms. The highest BCUT2D eigenvalue weighted by Gasteiger charge is 2.18. The smallest absolute Gasteiger partial charge is 0.263 e. The Bertz CT molecular complexity index is 952. The van der Waals surface area contributed by atoms with E-state index in [0.29, 0.717) is 11.2 Å². The lowest BCUT2D eigenvalue weighted by Gasteiger charge is -2.10. The van der Waals surface area contributed by atoms with Crippen molar-refractivity contribution in [3.8, 4) is 0 Å². The lowest BCUT2D eigenvalue weighted by atomic mass is 10.2. The fourth-order valence-corrected chi connectivity index (χ4v) is 4.36. The highest BCUT2D eigenvalue weighted by molar-refractivity contribution is 9.11. The fraction of sp³-hybridized carbons (Fsp3) is 0. The van der Waals surface area contributed by atoms with Gasteiger partial charge in [0.25, 0.3) is 10.0 Å². The molecule has 0 spiro atoms. The third-order valence-corrected chi connectivity index (χ3v) is 5.69. The summed E-state index contributed by atoms with van der Waals surface area (Å²) in [5, 5.41) is 0.857. The molecular weight excluding hydrogens is 436 g/mol. The Morgan fingerprint density at radius 1 is 1.14 bits per heavy atom. The van der Waals surface area contributed by atoms with Crippen molar-refractivity contribution >= 4 is 64.3 Å². The van der Waals surface area contributed by atoms with Crippen LogP contribution < -0.4 is 10.5 Å². The van der Waals surface area contributed by atoms with Crippen LogP contribution in [0.25, 0.3) is 10.9 Å². The van der Waals surface area contributed by atoms with Crippen LogP contribution in [-0.2, 0) is 10.0 Å².